The van der Waals surface area contributed by atoms with Crippen LogP contribution in [0.25, 0.3) is 0 Å². The lowest BCUT2D eigenvalue weighted by atomic mass is 10.4. The van der Waals surface area contributed by atoms with Crippen molar-refractivity contribution in [3.05, 3.63) is 33.0 Å². The Morgan fingerprint density at radius 3 is 3.00 bits per heavy atom. The summed E-state index contributed by atoms with van der Waals surface area (Å²) in [4.78, 5) is 17.7. The number of nitrogens with one attached hydrogen (secondary N) is 1. The van der Waals surface area contributed by atoms with Gasteiger partial charge in [-0.25, -0.2) is 4.98 Å². The number of amides is 1. The van der Waals surface area contributed by atoms with E-state index in [4.69, 9.17) is 10.8 Å². The molecule has 0 aromatic carbocycles. The largest absolute Gasteiger partial charge is 0.396 e. The number of hydrogen-bond acceptors (Lipinski definition) is 6. The maximum absolute atomic E-state index is 11.9. The summed E-state index contributed by atoms with van der Waals surface area (Å²) >= 11 is 2.73. The predicted octanol–water partition coefficient (Wildman–Crippen LogP) is 1.45. The maximum Gasteiger partial charge on any atom is 0.267 e. The summed E-state index contributed by atoms with van der Waals surface area (Å²) in [6, 6.07) is 3.60. The number of carbonyl (C=O) groups excluding carboxylic acids is 1. The lowest BCUT2D eigenvalue weighted by molar-refractivity contribution is 0.103. The number of nitrogens with two attached hydrogens (primary N) is 1. The number of thiophene rings is 1. The fourth-order valence-corrected chi connectivity index (χ4v) is 2.88. The number of thiazole rings is 1. The summed E-state index contributed by atoms with van der Waals surface area (Å²) < 4.78 is 0. The first kappa shape index (κ1) is 13.2. The smallest absolute Gasteiger partial charge is 0.267 e. The number of aromatic nitrogens is 1. The van der Waals surface area contributed by atoms with Gasteiger partial charge in [-0.05, 0) is 12.1 Å². The molecule has 1 amide bonds. The second-order valence-electron chi connectivity index (χ2n) is 3.54. The van der Waals surface area contributed by atoms with Crippen LogP contribution in [0.2, 0.25) is 0 Å². The van der Waals surface area contributed by atoms with E-state index < -0.39 is 0 Å². The SMILES string of the molecule is NCc1ccc(C(=O)Nc2nc(CCO)cs2)s1. The number of rotatable bonds is 5. The molecule has 0 atom stereocenters. The molecule has 5 nitrogen and oxygen atoms in total. The zero-order valence-corrected chi connectivity index (χ0v) is 11.2. The molecule has 0 saturated heterocycles. The van der Waals surface area contributed by atoms with Gasteiger partial charge in [-0.2, -0.15) is 0 Å². The average molecular weight is 283 g/mol. The van der Waals surface area contributed by atoms with Crippen LogP contribution in [-0.4, -0.2) is 22.6 Å². The van der Waals surface area contributed by atoms with Crippen LogP contribution >= 0.6 is 22.7 Å². The minimum Gasteiger partial charge on any atom is -0.396 e. The Labute approximate surface area is 112 Å². The van der Waals surface area contributed by atoms with Gasteiger partial charge < -0.3 is 10.8 Å². The Bertz CT molecular complexity index is 536. The number of aliphatic hydroxyl groups is 1. The molecule has 2 heterocycles. The average Bonchev–Trinajstić information content (AvgIpc) is 2.98. The monoisotopic (exact) mass is 283 g/mol. The Balaban J connectivity index is 2.01. The van der Waals surface area contributed by atoms with Gasteiger partial charge in [0.05, 0.1) is 10.6 Å². The van der Waals surface area contributed by atoms with Crippen LogP contribution in [0.3, 0.4) is 0 Å². The van der Waals surface area contributed by atoms with Crippen molar-refractivity contribution in [1.82, 2.24) is 4.98 Å². The molecule has 0 aliphatic heterocycles. The van der Waals surface area contributed by atoms with E-state index in [0.29, 0.717) is 23.0 Å². The maximum atomic E-state index is 11.9. The fraction of sp³-hybridized carbons (Fsp3) is 0.273. The van der Waals surface area contributed by atoms with E-state index in [1.807, 2.05) is 11.4 Å². The van der Waals surface area contributed by atoms with E-state index in [0.717, 1.165) is 10.6 Å². The van der Waals surface area contributed by atoms with Crippen molar-refractivity contribution in [3.63, 3.8) is 0 Å². The zero-order chi connectivity index (χ0) is 13.0. The molecule has 2 aromatic heterocycles. The van der Waals surface area contributed by atoms with Gasteiger partial charge in [0.25, 0.3) is 5.91 Å². The number of aliphatic hydroxyl groups excluding tert-OH is 1. The van der Waals surface area contributed by atoms with Crippen LogP contribution in [-0.2, 0) is 13.0 Å². The second kappa shape index (κ2) is 6.05. The van der Waals surface area contributed by atoms with Crippen LogP contribution < -0.4 is 11.1 Å². The first-order chi connectivity index (χ1) is 8.72. The van der Waals surface area contributed by atoms with Gasteiger partial charge in [-0.1, -0.05) is 0 Å². The van der Waals surface area contributed by atoms with E-state index in [-0.39, 0.29) is 12.5 Å². The van der Waals surface area contributed by atoms with E-state index >= 15 is 0 Å². The minimum absolute atomic E-state index is 0.0574. The summed E-state index contributed by atoms with van der Waals surface area (Å²) in [6.07, 6.45) is 0.503. The van der Waals surface area contributed by atoms with E-state index in [2.05, 4.69) is 10.3 Å². The van der Waals surface area contributed by atoms with E-state index in [1.165, 1.54) is 22.7 Å². The van der Waals surface area contributed by atoms with Crippen LogP contribution in [0, 0.1) is 0 Å². The summed E-state index contributed by atoms with van der Waals surface area (Å²) in [7, 11) is 0. The molecule has 0 radical (unpaired) electrons. The molecule has 0 bridgehead atoms. The Morgan fingerprint density at radius 1 is 1.50 bits per heavy atom. The van der Waals surface area contributed by atoms with E-state index in [9.17, 15) is 4.79 Å². The Hall–Kier alpha value is -1.28. The molecular weight excluding hydrogens is 270 g/mol. The molecule has 0 aliphatic rings. The molecule has 7 heteroatoms. The Kier molecular flexibility index (Phi) is 4.43. The number of carbonyl (C=O) groups is 1. The van der Waals surface area contributed by atoms with Gasteiger partial charge in [0.15, 0.2) is 5.13 Å². The molecule has 18 heavy (non-hydrogen) atoms. The highest BCUT2D eigenvalue weighted by Crippen LogP contribution is 2.20. The standard InChI is InChI=1S/C11H13N3O2S2/c12-5-8-1-2-9(18-8)10(16)14-11-13-7(3-4-15)6-17-11/h1-2,6,15H,3-5,12H2,(H,13,14,16). The van der Waals surface area contributed by atoms with Gasteiger partial charge in [-0.15, -0.1) is 22.7 Å². The van der Waals surface area contributed by atoms with Crippen molar-refractivity contribution < 1.29 is 9.90 Å². The van der Waals surface area contributed by atoms with Crippen LogP contribution in [0.1, 0.15) is 20.2 Å². The molecule has 0 saturated carbocycles. The molecule has 4 N–H and O–H groups in total. The highest BCUT2D eigenvalue weighted by molar-refractivity contribution is 7.15. The molecular formula is C11H13N3O2S2. The normalized spacial score (nSPS) is 10.6. The highest BCUT2D eigenvalue weighted by atomic mass is 32.1. The van der Waals surface area contributed by atoms with Crippen LogP contribution in [0.5, 0.6) is 0 Å². The van der Waals surface area contributed by atoms with Crippen molar-refractivity contribution >= 4 is 33.7 Å². The summed E-state index contributed by atoms with van der Waals surface area (Å²) in [6.45, 7) is 0.498. The van der Waals surface area contributed by atoms with Gasteiger partial charge in [0.2, 0.25) is 0 Å². The topological polar surface area (TPSA) is 88.2 Å². The van der Waals surface area contributed by atoms with Crippen LogP contribution in [0.15, 0.2) is 17.5 Å². The third-order valence-electron chi connectivity index (χ3n) is 2.23. The van der Waals surface area contributed by atoms with Crippen molar-refractivity contribution in [2.45, 2.75) is 13.0 Å². The first-order valence-electron chi connectivity index (χ1n) is 5.38. The molecule has 0 fully saturated rings. The van der Waals surface area contributed by atoms with Crippen molar-refractivity contribution in [2.24, 2.45) is 5.73 Å². The van der Waals surface area contributed by atoms with Crippen LogP contribution in [0.4, 0.5) is 5.13 Å². The van der Waals surface area contributed by atoms with Gasteiger partial charge >= 0.3 is 0 Å². The lowest BCUT2D eigenvalue weighted by Gasteiger charge is -1.97. The first-order valence-corrected chi connectivity index (χ1v) is 7.08. The highest BCUT2D eigenvalue weighted by Gasteiger charge is 2.11. The fourth-order valence-electron chi connectivity index (χ4n) is 1.36. The van der Waals surface area contributed by atoms with E-state index in [1.54, 1.807) is 6.07 Å². The molecule has 2 rings (SSSR count). The van der Waals surface area contributed by atoms with Gasteiger partial charge in [-0.3, -0.25) is 10.1 Å². The second-order valence-corrected chi connectivity index (χ2v) is 5.57. The van der Waals surface area contributed by atoms with Gasteiger partial charge in [0, 0.05) is 29.8 Å². The summed E-state index contributed by atoms with van der Waals surface area (Å²) in [5, 5.41) is 13.9. The molecule has 0 unspecified atom stereocenters. The summed E-state index contributed by atoms with van der Waals surface area (Å²) in [5.41, 5.74) is 6.28. The minimum atomic E-state index is -0.176. The molecule has 96 valence electrons. The molecule has 0 aliphatic carbocycles. The number of nitrogens with zero attached hydrogens (tertiary/aromatic N) is 1. The Morgan fingerprint density at radius 2 is 2.33 bits per heavy atom. The molecule has 2 aromatic rings. The number of hydrogen-bond donors (Lipinski definition) is 3. The third kappa shape index (κ3) is 3.14. The quantitative estimate of drug-likeness (QED) is 0.775. The third-order valence-corrected chi connectivity index (χ3v) is 4.14. The summed E-state index contributed by atoms with van der Waals surface area (Å²) in [5.74, 6) is -0.176. The van der Waals surface area contributed by atoms with Gasteiger partial charge in [0.1, 0.15) is 0 Å². The lowest BCUT2D eigenvalue weighted by Crippen LogP contribution is -2.10. The molecule has 0 spiro atoms. The van der Waals surface area contributed by atoms with Crippen molar-refractivity contribution in [1.29, 1.82) is 0 Å². The predicted molar refractivity (Wildman–Crippen MR) is 73.1 cm³/mol. The van der Waals surface area contributed by atoms with Crippen molar-refractivity contribution in [3.8, 4) is 0 Å². The zero-order valence-electron chi connectivity index (χ0n) is 9.55. The number of anilines is 1. The van der Waals surface area contributed by atoms with Crippen molar-refractivity contribution in [2.75, 3.05) is 11.9 Å².